The first-order valence-electron chi connectivity index (χ1n) is 8.24. The molecular formula is C18H29N3O. The molecule has 0 heterocycles. The molecule has 0 amide bonds. The number of aliphatic imine (C=N–C) groups is 1. The minimum Gasteiger partial charge on any atom is -0.379 e. The molecule has 4 nitrogen and oxygen atoms in total. The predicted molar refractivity (Wildman–Crippen MR) is 92.4 cm³/mol. The van der Waals surface area contributed by atoms with Gasteiger partial charge in [0.2, 0.25) is 0 Å². The van der Waals surface area contributed by atoms with E-state index in [9.17, 15) is 0 Å². The monoisotopic (exact) mass is 303 g/mol. The second-order valence-electron chi connectivity index (χ2n) is 6.15. The molecule has 1 saturated carbocycles. The fourth-order valence-electron chi connectivity index (χ4n) is 2.30. The van der Waals surface area contributed by atoms with Crippen LogP contribution in [0.25, 0.3) is 0 Å². The van der Waals surface area contributed by atoms with Gasteiger partial charge in [-0.1, -0.05) is 29.8 Å². The fraction of sp³-hybridized carbons (Fsp3) is 0.611. The first-order valence-corrected chi connectivity index (χ1v) is 8.24. The Kier molecular flexibility index (Phi) is 6.72. The van der Waals surface area contributed by atoms with E-state index in [1.807, 2.05) is 7.05 Å². The molecule has 1 aliphatic carbocycles. The number of likely N-dealkylation sites (N-methyl/N-ethyl adjacent to an activating group) is 1. The van der Waals surface area contributed by atoms with Gasteiger partial charge in [0.25, 0.3) is 0 Å². The molecule has 0 radical (unpaired) electrons. The minimum atomic E-state index is 0.770. The molecule has 0 atom stereocenters. The van der Waals surface area contributed by atoms with E-state index < -0.39 is 0 Å². The van der Waals surface area contributed by atoms with Gasteiger partial charge in [-0.2, -0.15) is 0 Å². The number of nitrogens with zero attached hydrogens (tertiary/aromatic N) is 2. The lowest BCUT2D eigenvalue weighted by molar-refractivity contribution is 0.115. The van der Waals surface area contributed by atoms with Crippen LogP contribution < -0.4 is 5.32 Å². The summed E-state index contributed by atoms with van der Waals surface area (Å²) in [6.07, 6.45) is 3.70. The fourth-order valence-corrected chi connectivity index (χ4v) is 2.30. The van der Waals surface area contributed by atoms with Crippen molar-refractivity contribution in [1.29, 1.82) is 0 Å². The smallest absolute Gasteiger partial charge is 0.193 e. The summed E-state index contributed by atoms with van der Waals surface area (Å²) in [5, 5.41) is 3.41. The third kappa shape index (κ3) is 6.06. The van der Waals surface area contributed by atoms with E-state index in [-0.39, 0.29) is 0 Å². The van der Waals surface area contributed by atoms with Gasteiger partial charge in [-0.3, -0.25) is 4.99 Å². The van der Waals surface area contributed by atoms with Crippen LogP contribution in [-0.2, 0) is 11.2 Å². The van der Waals surface area contributed by atoms with Crippen LogP contribution in [0.15, 0.2) is 29.3 Å². The first-order chi connectivity index (χ1) is 10.7. The lowest BCUT2D eigenvalue weighted by Gasteiger charge is -2.22. The minimum absolute atomic E-state index is 0.770. The van der Waals surface area contributed by atoms with Crippen molar-refractivity contribution < 1.29 is 4.74 Å². The maximum Gasteiger partial charge on any atom is 0.193 e. The van der Waals surface area contributed by atoms with Gasteiger partial charge >= 0.3 is 0 Å². The van der Waals surface area contributed by atoms with Gasteiger partial charge in [0.15, 0.2) is 5.96 Å². The molecule has 1 N–H and O–H groups in total. The molecule has 0 saturated heterocycles. The number of benzene rings is 1. The van der Waals surface area contributed by atoms with Crippen LogP contribution in [-0.4, -0.2) is 51.3 Å². The lowest BCUT2D eigenvalue weighted by atomic mass is 10.1. The summed E-state index contributed by atoms with van der Waals surface area (Å²) in [7, 11) is 3.89. The highest BCUT2D eigenvalue weighted by Gasteiger charge is 2.21. The zero-order chi connectivity index (χ0) is 15.8. The van der Waals surface area contributed by atoms with Crippen LogP contribution in [0, 0.1) is 12.8 Å². The molecule has 22 heavy (non-hydrogen) atoms. The quantitative estimate of drug-likeness (QED) is 0.455. The summed E-state index contributed by atoms with van der Waals surface area (Å²) in [5.74, 6) is 1.76. The second-order valence-corrected chi connectivity index (χ2v) is 6.15. The number of guanidine groups is 1. The summed E-state index contributed by atoms with van der Waals surface area (Å²) in [5.41, 5.74) is 2.66. The molecule has 0 aromatic heterocycles. The van der Waals surface area contributed by atoms with E-state index in [0.717, 1.165) is 44.6 Å². The predicted octanol–water partition coefficient (Wildman–Crippen LogP) is 2.47. The Hall–Kier alpha value is -1.55. The van der Waals surface area contributed by atoms with Crippen LogP contribution in [0.1, 0.15) is 24.0 Å². The summed E-state index contributed by atoms with van der Waals surface area (Å²) in [6, 6.07) is 8.70. The van der Waals surface area contributed by atoms with Gasteiger partial charge in [-0.05, 0) is 37.7 Å². The molecule has 2 rings (SSSR count). The summed E-state index contributed by atoms with van der Waals surface area (Å²) in [6.45, 7) is 5.57. The van der Waals surface area contributed by atoms with Crippen molar-refractivity contribution in [3.05, 3.63) is 35.4 Å². The standard InChI is InChI=1S/C18H29N3O/c1-15-4-6-16(7-5-15)10-11-20-18(19-2)21(3)12-13-22-14-17-8-9-17/h4-7,17H,8-14H2,1-3H3,(H,19,20). The maximum atomic E-state index is 5.68. The highest BCUT2D eigenvalue weighted by atomic mass is 16.5. The molecule has 4 heteroatoms. The van der Waals surface area contributed by atoms with Gasteiger partial charge in [0.1, 0.15) is 0 Å². The van der Waals surface area contributed by atoms with Gasteiger partial charge in [-0.15, -0.1) is 0 Å². The topological polar surface area (TPSA) is 36.9 Å². The van der Waals surface area contributed by atoms with Crippen LogP contribution in [0.5, 0.6) is 0 Å². The molecule has 1 aliphatic rings. The van der Waals surface area contributed by atoms with E-state index >= 15 is 0 Å². The molecular weight excluding hydrogens is 274 g/mol. The Balaban J connectivity index is 1.63. The Bertz CT molecular complexity index is 466. The van der Waals surface area contributed by atoms with Crippen molar-refractivity contribution in [2.45, 2.75) is 26.2 Å². The number of nitrogens with one attached hydrogen (secondary N) is 1. The molecule has 1 aromatic carbocycles. The van der Waals surface area contributed by atoms with Gasteiger partial charge in [0, 0.05) is 33.8 Å². The van der Waals surface area contributed by atoms with Gasteiger partial charge in [-0.25, -0.2) is 0 Å². The molecule has 122 valence electrons. The third-order valence-corrected chi connectivity index (χ3v) is 4.01. The maximum absolute atomic E-state index is 5.68. The van der Waals surface area contributed by atoms with E-state index in [0.29, 0.717) is 0 Å². The zero-order valence-corrected chi connectivity index (χ0v) is 14.1. The van der Waals surface area contributed by atoms with Gasteiger partial charge < -0.3 is 15.0 Å². The van der Waals surface area contributed by atoms with E-state index in [1.165, 1.54) is 24.0 Å². The average molecular weight is 303 g/mol. The van der Waals surface area contributed by atoms with Crippen molar-refractivity contribution >= 4 is 5.96 Å². The summed E-state index contributed by atoms with van der Waals surface area (Å²) >= 11 is 0. The van der Waals surface area contributed by atoms with Crippen molar-refractivity contribution in [3.63, 3.8) is 0 Å². The molecule has 1 aromatic rings. The van der Waals surface area contributed by atoms with E-state index in [4.69, 9.17) is 4.74 Å². The highest BCUT2D eigenvalue weighted by Crippen LogP contribution is 2.28. The van der Waals surface area contributed by atoms with Gasteiger partial charge in [0.05, 0.1) is 6.61 Å². The van der Waals surface area contributed by atoms with E-state index in [2.05, 4.69) is 53.4 Å². The molecule has 1 fully saturated rings. The lowest BCUT2D eigenvalue weighted by Crippen LogP contribution is -2.41. The average Bonchev–Trinajstić information content (AvgIpc) is 3.34. The van der Waals surface area contributed by atoms with Crippen LogP contribution in [0.4, 0.5) is 0 Å². The number of rotatable bonds is 8. The zero-order valence-electron chi connectivity index (χ0n) is 14.1. The van der Waals surface area contributed by atoms with Crippen LogP contribution >= 0.6 is 0 Å². The van der Waals surface area contributed by atoms with Crippen LogP contribution in [0.3, 0.4) is 0 Å². The highest BCUT2D eigenvalue weighted by molar-refractivity contribution is 5.79. The number of hydrogen-bond donors (Lipinski definition) is 1. The molecule has 0 aliphatic heterocycles. The van der Waals surface area contributed by atoms with Crippen molar-refractivity contribution in [2.24, 2.45) is 10.9 Å². The van der Waals surface area contributed by atoms with E-state index in [1.54, 1.807) is 0 Å². The number of aryl methyl sites for hydroxylation is 1. The molecule has 0 unspecified atom stereocenters. The Morgan fingerprint density at radius 3 is 2.68 bits per heavy atom. The third-order valence-electron chi connectivity index (χ3n) is 4.01. The van der Waals surface area contributed by atoms with Crippen LogP contribution in [0.2, 0.25) is 0 Å². The Labute approximate surface area is 134 Å². The number of hydrogen-bond acceptors (Lipinski definition) is 2. The van der Waals surface area contributed by atoms with Crippen molar-refractivity contribution in [2.75, 3.05) is 40.4 Å². The Morgan fingerprint density at radius 2 is 2.05 bits per heavy atom. The number of ether oxygens (including phenoxy) is 1. The van der Waals surface area contributed by atoms with Crippen molar-refractivity contribution in [3.8, 4) is 0 Å². The normalized spacial score (nSPS) is 15.0. The SMILES string of the molecule is CN=C(NCCc1ccc(C)cc1)N(C)CCOCC1CC1. The Morgan fingerprint density at radius 1 is 1.32 bits per heavy atom. The first kappa shape index (κ1) is 16.8. The molecule has 0 spiro atoms. The largest absolute Gasteiger partial charge is 0.379 e. The molecule has 0 bridgehead atoms. The second kappa shape index (κ2) is 8.79. The summed E-state index contributed by atoms with van der Waals surface area (Å²) in [4.78, 5) is 6.46. The summed E-state index contributed by atoms with van der Waals surface area (Å²) < 4.78 is 5.68. The van der Waals surface area contributed by atoms with Crippen molar-refractivity contribution in [1.82, 2.24) is 10.2 Å².